The zero-order valence-corrected chi connectivity index (χ0v) is 14.4. The van der Waals surface area contributed by atoms with Crippen LogP contribution in [0.1, 0.15) is 44.5 Å². The number of benzene rings is 1. The first-order valence-corrected chi connectivity index (χ1v) is 8.77. The van der Waals surface area contributed by atoms with Crippen molar-refractivity contribution in [1.29, 1.82) is 0 Å². The summed E-state index contributed by atoms with van der Waals surface area (Å²) in [5.74, 6) is 0.892. The molecule has 2 amide bonds. The highest BCUT2D eigenvalue weighted by molar-refractivity contribution is 5.74. The number of nitrogens with one attached hydrogen (secondary N) is 2. The van der Waals surface area contributed by atoms with E-state index in [9.17, 15) is 4.79 Å². The molecule has 0 saturated carbocycles. The molecule has 7 nitrogen and oxygen atoms in total. The number of ether oxygens (including phenoxy) is 1. The van der Waals surface area contributed by atoms with Gasteiger partial charge in [-0.3, -0.25) is 0 Å². The van der Waals surface area contributed by atoms with Crippen molar-refractivity contribution in [3.63, 3.8) is 0 Å². The van der Waals surface area contributed by atoms with Crippen molar-refractivity contribution in [2.24, 2.45) is 0 Å². The average molecular weight is 344 g/mol. The molecular weight excluding hydrogens is 320 g/mol. The summed E-state index contributed by atoms with van der Waals surface area (Å²) in [7, 11) is 0. The van der Waals surface area contributed by atoms with Gasteiger partial charge in [-0.15, -0.1) is 0 Å². The van der Waals surface area contributed by atoms with E-state index in [0.29, 0.717) is 18.3 Å². The zero-order chi connectivity index (χ0) is 17.5. The summed E-state index contributed by atoms with van der Waals surface area (Å²) in [5, 5.41) is 9.63. The van der Waals surface area contributed by atoms with Gasteiger partial charge >= 0.3 is 6.03 Å². The van der Waals surface area contributed by atoms with Crippen molar-refractivity contribution >= 4 is 6.03 Å². The molecule has 1 aliphatic heterocycles. The van der Waals surface area contributed by atoms with Crippen LogP contribution < -0.4 is 10.6 Å². The van der Waals surface area contributed by atoms with Crippen LogP contribution in [0.25, 0.3) is 11.5 Å². The lowest BCUT2D eigenvalue weighted by atomic mass is 10.1. The fourth-order valence-corrected chi connectivity index (χ4v) is 2.80. The Balaban J connectivity index is 1.44. The van der Waals surface area contributed by atoms with E-state index in [1.807, 2.05) is 37.3 Å². The van der Waals surface area contributed by atoms with Gasteiger partial charge in [-0.2, -0.15) is 4.98 Å². The summed E-state index contributed by atoms with van der Waals surface area (Å²) < 4.78 is 10.9. The summed E-state index contributed by atoms with van der Waals surface area (Å²) >= 11 is 0. The average Bonchev–Trinajstić information content (AvgIpc) is 3.14. The summed E-state index contributed by atoms with van der Waals surface area (Å²) in [5.41, 5.74) is 0.852. The fraction of sp³-hybridized carbons (Fsp3) is 0.500. The minimum atomic E-state index is -0.341. The van der Waals surface area contributed by atoms with E-state index in [-0.39, 0.29) is 18.2 Å². The van der Waals surface area contributed by atoms with E-state index < -0.39 is 0 Å². The van der Waals surface area contributed by atoms with Crippen LogP contribution in [0.4, 0.5) is 4.79 Å². The Morgan fingerprint density at radius 1 is 1.32 bits per heavy atom. The molecule has 0 aliphatic carbocycles. The van der Waals surface area contributed by atoms with Crippen LogP contribution in [0.3, 0.4) is 0 Å². The van der Waals surface area contributed by atoms with Crippen LogP contribution in [0.2, 0.25) is 0 Å². The second-order valence-corrected chi connectivity index (χ2v) is 6.22. The Morgan fingerprint density at radius 3 is 2.92 bits per heavy atom. The highest BCUT2D eigenvalue weighted by Crippen LogP contribution is 2.18. The number of aromatic nitrogens is 2. The first-order valence-electron chi connectivity index (χ1n) is 8.77. The maximum absolute atomic E-state index is 12.0. The van der Waals surface area contributed by atoms with Crippen LogP contribution in [0, 0.1) is 0 Å². The van der Waals surface area contributed by atoms with Crippen molar-refractivity contribution in [1.82, 2.24) is 20.8 Å². The van der Waals surface area contributed by atoms with Gasteiger partial charge in [0, 0.05) is 18.7 Å². The van der Waals surface area contributed by atoms with Gasteiger partial charge in [-0.25, -0.2) is 4.79 Å². The minimum Gasteiger partial charge on any atom is -0.378 e. The predicted molar refractivity (Wildman–Crippen MR) is 92.9 cm³/mol. The Kier molecular flexibility index (Phi) is 6.00. The molecule has 0 radical (unpaired) electrons. The molecule has 1 aliphatic rings. The predicted octanol–water partition coefficient (Wildman–Crippen LogP) is 3.06. The number of carbonyl (C=O) groups excluding carboxylic acids is 1. The van der Waals surface area contributed by atoms with E-state index >= 15 is 0 Å². The van der Waals surface area contributed by atoms with E-state index in [1.165, 1.54) is 6.42 Å². The quantitative estimate of drug-likeness (QED) is 0.841. The number of nitrogens with zero attached hydrogens (tertiary/aromatic N) is 2. The molecule has 1 saturated heterocycles. The molecule has 0 unspecified atom stereocenters. The van der Waals surface area contributed by atoms with Crippen LogP contribution in [0.15, 0.2) is 34.9 Å². The minimum absolute atomic E-state index is 0.241. The maximum Gasteiger partial charge on any atom is 0.315 e. The van der Waals surface area contributed by atoms with Crippen LogP contribution in [-0.4, -0.2) is 35.4 Å². The van der Waals surface area contributed by atoms with Crippen LogP contribution >= 0.6 is 0 Å². The number of hydrogen-bond acceptors (Lipinski definition) is 5. The molecule has 25 heavy (non-hydrogen) atoms. The van der Waals surface area contributed by atoms with Crippen molar-refractivity contribution < 1.29 is 14.1 Å². The Labute approximate surface area is 147 Å². The van der Waals surface area contributed by atoms with Gasteiger partial charge in [0.2, 0.25) is 0 Å². The standard InChI is InChI=1S/C18H24N4O3/c1-13(16-21-17(25-22-16)14-7-3-2-4-8-14)20-18(23)19-11-10-15-9-5-6-12-24-15/h2-4,7-8,13,15H,5-6,9-12H2,1H3,(H2,19,20,23)/t13-,15+/m1/s1. The van der Waals surface area contributed by atoms with Crippen molar-refractivity contribution in [3.05, 3.63) is 36.2 Å². The van der Waals surface area contributed by atoms with Gasteiger partial charge in [-0.1, -0.05) is 23.4 Å². The molecule has 2 N–H and O–H groups in total. The molecular formula is C18H24N4O3. The van der Waals surface area contributed by atoms with Crippen molar-refractivity contribution in [2.45, 2.75) is 44.8 Å². The van der Waals surface area contributed by atoms with E-state index in [4.69, 9.17) is 9.26 Å². The third kappa shape index (κ3) is 5.03. The van der Waals surface area contributed by atoms with Gasteiger partial charge < -0.3 is 19.9 Å². The van der Waals surface area contributed by atoms with Gasteiger partial charge in [-0.05, 0) is 44.7 Å². The lowest BCUT2D eigenvalue weighted by molar-refractivity contribution is 0.0120. The first-order chi connectivity index (χ1) is 12.2. The second-order valence-electron chi connectivity index (χ2n) is 6.22. The number of hydrogen-bond donors (Lipinski definition) is 2. The third-order valence-electron chi connectivity index (χ3n) is 4.22. The Bertz CT molecular complexity index is 668. The van der Waals surface area contributed by atoms with Crippen LogP contribution in [0.5, 0.6) is 0 Å². The topological polar surface area (TPSA) is 89.3 Å². The number of rotatable bonds is 6. The summed E-state index contributed by atoms with van der Waals surface area (Å²) in [6, 6.07) is 8.95. The molecule has 0 bridgehead atoms. The van der Waals surface area contributed by atoms with Gasteiger partial charge in [0.05, 0.1) is 12.1 Å². The molecule has 2 aromatic rings. The number of urea groups is 1. The second kappa shape index (κ2) is 8.62. The zero-order valence-electron chi connectivity index (χ0n) is 14.4. The van der Waals surface area contributed by atoms with Crippen molar-refractivity contribution in [3.8, 4) is 11.5 Å². The molecule has 3 rings (SSSR count). The van der Waals surface area contributed by atoms with Gasteiger partial charge in [0.1, 0.15) is 0 Å². The molecule has 1 aromatic heterocycles. The summed E-state index contributed by atoms with van der Waals surface area (Å²) in [4.78, 5) is 16.3. The normalized spacial score (nSPS) is 18.5. The Hall–Kier alpha value is -2.41. The highest BCUT2D eigenvalue weighted by atomic mass is 16.5. The van der Waals surface area contributed by atoms with Gasteiger partial charge in [0.15, 0.2) is 5.82 Å². The SMILES string of the molecule is C[C@@H](NC(=O)NCC[C@@H]1CCCCO1)c1noc(-c2ccccc2)n1. The maximum atomic E-state index is 12.0. The fourth-order valence-electron chi connectivity index (χ4n) is 2.80. The summed E-state index contributed by atoms with van der Waals surface area (Å²) in [6.07, 6.45) is 4.51. The largest absolute Gasteiger partial charge is 0.378 e. The van der Waals surface area contributed by atoms with Crippen molar-refractivity contribution in [2.75, 3.05) is 13.2 Å². The van der Waals surface area contributed by atoms with Crippen LogP contribution in [-0.2, 0) is 4.74 Å². The highest BCUT2D eigenvalue weighted by Gasteiger charge is 2.17. The lowest BCUT2D eigenvalue weighted by Gasteiger charge is -2.22. The monoisotopic (exact) mass is 344 g/mol. The number of carbonyl (C=O) groups is 1. The Morgan fingerprint density at radius 2 is 2.16 bits per heavy atom. The van der Waals surface area contributed by atoms with E-state index in [2.05, 4.69) is 20.8 Å². The number of amides is 2. The molecule has 1 aromatic carbocycles. The molecule has 134 valence electrons. The molecule has 1 fully saturated rings. The van der Waals surface area contributed by atoms with E-state index in [0.717, 1.165) is 31.4 Å². The summed E-state index contributed by atoms with van der Waals surface area (Å²) in [6.45, 7) is 3.24. The molecule has 7 heteroatoms. The lowest BCUT2D eigenvalue weighted by Crippen LogP contribution is -2.39. The molecule has 0 spiro atoms. The third-order valence-corrected chi connectivity index (χ3v) is 4.22. The van der Waals surface area contributed by atoms with E-state index in [1.54, 1.807) is 0 Å². The van der Waals surface area contributed by atoms with Gasteiger partial charge in [0.25, 0.3) is 5.89 Å². The smallest absolute Gasteiger partial charge is 0.315 e. The molecule has 2 atom stereocenters. The molecule has 2 heterocycles. The first kappa shape index (κ1) is 17.4.